The minimum Gasteiger partial charge on any atom is -0.478 e. The lowest BCUT2D eigenvalue weighted by Crippen LogP contribution is -2.29. The topological polar surface area (TPSA) is 34.1 Å². The van der Waals surface area contributed by atoms with Gasteiger partial charge in [-0.25, -0.2) is 4.98 Å². The molecule has 0 radical (unpaired) electrons. The standard InChI is InChI=1S/C17H21ClN2O/c1-14(13-15-7-3-2-4-8-15)19-11-6-12-21-17-10-5-9-16(18)20-17/h2-5,7-10,14,19H,6,11-13H2,1H3. The Hall–Kier alpha value is -1.58. The Morgan fingerprint density at radius 3 is 2.71 bits per heavy atom. The highest BCUT2D eigenvalue weighted by atomic mass is 35.5. The SMILES string of the molecule is CC(Cc1ccccc1)NCCCOc1cccc(Cl)n1. The molecule has 2 rings (SSSR count). The van der Waals surface area contributed by atoms with E-state index in [4.69, 9.17) is 16.3 Å². The zero-order chi connectivity index (χ0) is 14.9. The zero-order valence-corrected chi connectivity index (χ0v) is 13.0. The molecule has 0 spiro atoms. The molecule has 112 valence electrons. The number of halogens is 1. The number of nitrogens with one attached hydrogen (secondary N) is 1. The average molecular weight is 305 g/mol. The summed E-state index contributed by atoms with van der Waals surface area (Å²) in [7, 11) is 0. The maximum Gasteiger partial charge on any atom is 0.214 e. The van der Waals surface area contributed by atoms with Gasteiger partial charge in [-0.1, -0.05) is 48.0 Å². The first-order chi connectivity index (χ1) is 10.2. The van der Waals surface area contributed by atoms with Crippen LogP contribution in [-0.2, 0) is 6.42 Å². The van der Waals surface area contributed by atoms with Crippen molar-refractivity contribution in [3.05, 3.63) is 59.2 Å². The van der Waals surface area contributed by atoms with Crippen LogP contribution in [0.4, 0.5) is 0 Å². The minimum atomic E-state index is 0.455. The lowest BCUT2D eigenvalue weighted by atomic mass is 10.1. The second kappa shape index (κ2) is 8.65. The Morgan fingerprint density at radius 1 is 1.14 bits per heavy atom. The molecule has 0 amide bonds. The van der Waals surface area contributed by atoms with Gasteiger partial charge in [0.1, 0.15) is 5.15 Å². The van der Waals surface area contributed by atoms with E-state index < -0.39 is 0 Å². The van der Waals surface area contributed by atoms with Gasteiger partial charge in [-0.2, -0.15) is 0 Å². The van der Waals surface area contributed by atoms with Crippen molar-refractivity contribution >= 4 is 11.6 Å². The summed E-state index contributed by atoms with van der Waals surface area (Å²) < 4.78 is 5.55. The molecule has 0 fully saturated rings. The molecule has 3 nitrogen and oxygen atoms in total. The highest BCUT2D eigenvalue weighted by molar-refractivity contribution is 6.29. The van der Waals surface area contributed by atoms with Gasteiger partial charge >= 0.3 is 0 Å². The summed E-state index contributed by atoms with van der Waals surface area (Å²) in [4.78, 5) is 4.08. The maximum atomic E-state index is 5.80. The van der Waals surface area contributed by atoms with E-state index in [0.717, 1.165) is 19.4 Å². The van der Waals surface area contributed by atoms with Crippen LogP contribution in [0.2, 0.25) is 5.15 Å². The first-order valence-electron chi connectivity index (χ1n) is 7.27. The van der Waals surface area contributed by atoms with Crippen molar-refractivity contribution in [2.24, 2.45) is 0 Å². The third kappa shape index (κ3) is 6.15. The molecule has 0 aliphatic carbocycles. The third-order valence-electron chi connectivity index (χ3n) is 3.14. The second-order valence-corrected chi connectivity index (χ2v) is 5.43. The van der Waals surface area contributed by atoms with E-state index in [1.807, 2.05) is 18.2 Å². The lowest BCUT2D eigenvalue weighted by Gasteiger charge is -2.14. The van der Waals surface area contributed by atoms with E-state index in [9.17, 15) is 0 Å². The number of benzene rings is 1. The van der Waals surface area contributed by atoms with Crippen molar-refractivity contribution in [3.8, 4) is 5.88 Å². The van der Waals surface area contributed by atoms with Crippen molar-refractivity contribution in [1.82, 2.24) is 10.3 Å². The maximum absolute atomic E-state index is 5.80. The summed E-state index contributed by atoms with van der Waals surface area (Å²) in [6.45, 7) is 3.76. The highest BCUT2D eigenvalue weighted by Gasteiger charge is 2.02. The lowest BCUT2D eigenvalue weighted by molar-refractivity contribution is 0.294. The van der Waals surface area contributed by atoms with Crippen molar-refractivity contribution in [2.75, 3.05) is 13.2 Å². The van der Waals surface area contributed by atoms with Crippen molar-refractivity contribution in [3.63, 3.8) is 0 Å². The smallest absolute Gasteiger partial charge is 0.214 e. The third-order valence-corrected chi connectivity index (χ3v) is 3.35. The molecular formula is C17H21ClN2O. The van der Waals surface area contributed by atoms with Crippen LogP contribution in [-0.4, -0.2) is 24.2 Å². The molecule has 21 heavy (non-hydrogen) atoms. The van der Waals surface area contributed by atoms with Gasteiger partial charge in [-0.15, -0.1) is 0 Å². The fraction of sp³-hybridized carbons (Fsp3) is 0.353. The fourth-order valence-electron chi connectivity index (χ4n) is 2.11. The molecule has 1 atom stereocenters. The molecule has 2 aromatic rings. The number of nitrogens with zero attached hydrogens (tertiary/aromatic N) is 1. The Balaban J connectivity index is 1.59. The highest BCUT2D eigenvalue weighted by Crippen LogP contribution is 2.11. The van der Waals surface area contributed by atoms with E-state index in [0.29, 0.717) is 23.7 Å². The van der Waals surface area contributed by atoms with Gasteiger partial charge in [0.25, 0.3) is 0 Å². The largest absolute Gasteiger partial charge is 0.478 e. The molecular weight excluding hydrogens is 284 g/mol. The van der Waals surface area contributed by atoms with E-state index in [-0.39, 0.29) is 0 Å². The molecule has 0 saturated carbocycles. The average Bonchev–Trinajstić information content (AvgIpc) is 2.48. The molecule has 0 bridgehead atoms. The van der Waals surface area contributed by atoms with Crippen LogP contribution in [0, 0.1) is 0 Å². The van der Waals surface area contributed by atoms with Gasteiger partial charge in [-0.05, 0) is 37.9 Å². The molecule has 1 unspecified atom stereocenters. The summed E-state index contributed by atoms with van der Waals surface area (Å²) in [5, 5.41) is 3.96. The van der Waals surface area contributed by atoms with Gasteiger partial charge in [0.05, 0.1) is 6.61 Å². The number of pyridine rings is 1. The van der Waals surface area contributed by atoms with Gasteiger partial charge in [0, 0.05) is 12.1 Å². The molecule has 0 aliphatic heterocycles. The predicted molar refractivity (Wildman–Crippen MR) is 87.0 cm³/mol. The van der Waals surface area contributed by atoms with Gasteiger partial charge < -0.3 is 10.1 Å². The Kier molecular flexibility index (Phi) is 6.51. The zero-order valence-electron chi connectivity index (χ0n) is 12.3. The molecule has 1 aromatic heterocycles. The first-order valence-corrected chi connectivity index (χ1v) is 7.64. The monoisotopic (exact) mass is 304 g/mol. The molecule has 1 N–H and O–H groups in total. The quantitative estimate of drug-likeness (QED) is 0.596. The van der Waals surface area contributed by atoms with Crippen LogP contribution in [0.15, 0.2) is 48.5 Å². The molecule has 0 saturated heterocycles. The van der Waals surface area contributed by atoms with Gasteiger partial charge in [0.15, 0.2) is 0 Å². The molecule has 1 heterocycles. The van der Waals surface area contributed by atoms with Crippen molar-refractivity contribution in [1.29, 1.82) is 0 Å². The van der Waals surface area contributed by atoms with Crippen LogP contribution in [0.25, 0.3) is 0 Å². The van der Waals surface area contributed by atoms with Crippen LogP contribution >= 0.6 is 11.6 Å². The number of aromatic nitrogens is 1. The van der Waals surface area contributed by atoms with E-state index in [1.165, 1.54) is 5.56 Å². The van der Waals surface area contributed by atoms with Gasteiger partial charge in [-0.3, -0.25) is 0 Å². The summed E-state index contributed by atoms with van der Waals surface area (Å²) in [5.41, 5.74) is 1.36. The normalized spacial score (nSPS) is 12.1. The number of ether oxygens (including phenoxy) is 1. The predicted octanol–water partition coefficient (Wildman–Crippen LogP) is 3.72. The first kappa shape index (κ1) is 15.8. The fourth-order valence-corrected chi connectivity index (χ4v) is 2.26. The van der Waals surface area contributed by atoms with Crippen LogP contribution in [0.1, 0.15) is 18.9 Å². The van der Waals surface area contributed by atoms with Crippen molar-refractivity contribution in [2.45, 2.75) is 25.8 Å². The molecule has 1 aromatic carbocycles. The Bertz CT molecular complexity index is 533. The molecule has 0 aliphatic rings. The van der Waals surface area contributed by atoms with Gasteiger partial charge in [0.2, 0.25) is 5.88 Å². The Morgan fingerprint density at radius 2 is 1.95 bits per heavy atom. The molecule has 4 heteroatoms. The minimum absolute atomic E-state index is 0.455. The Labute approximate surface area is 131 Å². The van der Waals surface area contributed by atoms with E-state index in [2.05, 4.69) is 41.5 Å². The van der Waals surface area contributed by atoms with Crippen LogP contribution in [0.3, 0.4) is 0 Å². The van der Waals surface area contributed by atoms with Crippen LogP contribution in [0.5, 0.6) is 5.88 Å². The summed E-state index contributed by atoms with van der Waals surface area (Å²) in [6.07, 6.45) is 1.98. The van der Waals surface area contributed by atoms with E-state index in [1.54, 1.807) is 6.07 Å². The van der Waals surface area contributed by atoms with E-state index >= 15 is 0 Å². The van der Waals surface area contributed by atoms with Crippen LogP contribution < -0.4 is 10.1 Å². The van der Waals surface area contributed by atoms with Crippen molar-refractivity contribution < 1.29 is 4.74 Å². The summed E-state index contributed by atoms with van der Waals surface area (Å²) >= 11 is 5.80. The number of hydrogen-bond donors (Lipinski definition) is 1. The number of rotatable bonds is 8. The summed E-state index contributed by atoms with van der Waals surface area (Å²) in [5.74, 6) is 0.583. The second-order valence-electron chi connectivity index (χ2n) is 5.05. The summed E-state index contributed by atoms with van der Waals surface area (Å²) in [6, 6.07) is 16.4. The number of hydrogen-bond acceptors (Lipinski definition) is 3.